The van der Waals surface area contributed by atoms with Gasteiger partial charge in [-0.15, -0.1) is 0 Å². The average molecular weight is 284 g/mol. The van der Waals surface area contributed by atoms with Crippen LogP contribution >= 0.6 is 0 Å². The van der Waals surface area contributed by atoms with Crippen molar-refractivity contribution < 1.29 is 9.53 Å². The molecule has 4 heteroatoms. The average Bonchev–Trinajstić information content (AvgIpc) is 2.51. The maximum absolute atomic E-state index is 12.2. The summed E-state index contributed by atoms with van der Waals surface area (Å²) in [6, 6.07) is 11.5. The monoisotopic (exact) mass is 284 g/mol. The molecule has 0 radical (unpaired) electrons. The van der Waals surface area contributed by atoms with Crippen LogP contribution < -0.4 is 10.1 Å². The minimum atomic E-state index is -0.478. The van der Waals surface area contributed by atoms with Crippen molar-refractivity contribution in [2.24, 2.45) is 0 Å². The van der Waals surface area contributed by atoms with E-state index >= 15 is 0 Å². The van der Waals surface area contributed by atoms with E-state index in [0.29, 0.717) is 13.0 Å². The van der Waals surface area contributed by atoms with Gasteiger partial charge in [-0.25, -0.2) is 0 Å². The van der Waals surface area contributed by atoms with Gasteiger partial charge in [0.05, 0.1) is 0 Å². The molecule has 1 aromatic carbocycles. The first kappa shape index (κ1) is 15.0. The van der Waals surface area contributed by atoms with Gasteiger partial charge in [-0.05, 0) is 48.7 Å². The molecule has 0 fully saturated rings. The van der Waals surface area contributed by atoms with Crippen LogP contribution in [0.4, 0.5) is 0 Å². The molecular formula is C17H20N2O2. The second kappa shape index (κ2) is 7.43. The summed E-state index contributed by atoms with van der Waals surface area (Å²) in [4.78, 5) is 16.1. The topological polar surface area (TPSA) is 51.2 Å². The number of carbonyl (C=O) groups excluding carboxylic acids is 1. The Balaban J connectivity index is 1.92. The van der Waals surface area contributed by atoms with Crippen LogP contribution in [-0.2, 0) is 11.3 Å². The van der Waals surface area contributed by atoms with Crippen LogP contribution in [-0.4, -0.2) is 17.0 Å². The van der Waals surface area contributed by atoms with Gasteiger partial charge in [-0.2, -0.15) is 0 Å². The van der Waals surface area contributed by atoms with Crippen molar-refractivity contribution in [3.05, 3.63) is 59.9 Å². The fraction of sp³-hybridized carbons (Fsp3) is 0.294. The summed E-state index contributed by atoms with van der Waals surface area (Å²) >= 11 is 0. The first-order valence-corrected chi connectivity index (χ1v) is 7.09. The standard InChI is InChI=1S/C17H20N2O2/c1-3-16(21-15-6-4-5-13(2)11-15)17(20)19-12-14-7-9-18-10-8-14/h4-11,16H,3,12H2,1-2H3,(H,19,20)/t16-/m1/s1. The van der Waals surface area contributed by atoms with E-state index in [9.17, 15) is 4.79 Å². The summed E-state index contributed by atoms with van der Waals surface area (Å²) < 4.78 is 5.77. The molecule has 2 rings (SSSR count). The van der Waals surface area contributed by atoms with Gasteiger partial charge in [0.1, 0.15) is 5.75 Å². The Morgan fingerprint density at radius 3 is 2.71 bits per heavy atom. The Labute approximate surface area is 125 Å². The van der Waals surface area contributed by atoms with Crippen LogP contribution in [0.25, 0.3) is 0 Å². The highest BCUT2D eigenvalue weighted by atomic mass is 16.5. The Bertz CT molecular complexity index is 584. The predicted molar refractivity (Wildman–Crippen MR) is 82.0 cm³/mol. The van der Waals surface area contributed by atoms with Crippen LogP contribution in [0.2, 0.25) is 0 Å². The summed E-state index contributed by atoms with van der Waals surface area (Å²) in [6.07, 6.45) is 3.56. The fourth-order valence-electron chi connectivity index (χ4n) is 1.98. The number of amides is 1. The van der Waals surface area contributed by atoms with Crippen LogP contribution in [0.1, 0.15) is 24.5 Å². The van der Waals surface area contributed by atoms with Gasteiger partial charge in [-0.3, -0.25) is 9.78 Å². The van der Waals surface area contributed by atoms with Crippen LogP contribution in [0.5, 0.6) is 5.75 Å². The van der Waals surface area contributed by atoms with Crippen LogP contribution in [0.3, 0.4) is 0 Å². The Hall–Kier alpha value is -2.36. The molecule has 21 heavy (non-hydrogen) atoms. The molecule has 0 unspecified atom stereocenters. The third kappa shape index (κ3) is 4.60. The van der Waals surface area contributed by atoms with Crippen molar-refractivity contribution >= 4 is 5.91 Å². The van der Waals surface area contributed by atoms with E-state index in [-0.39, 0.29) is 5.91 Å². The number of nitrogens with zero attached hydrogens (tertiary/aromatic N) is 1. The van der Waals surface area contributed by atoms with E-state index in [1.807, 2.05) is 50.2 Å². The van der Waals surface area contributed by atoms with Gasteiger partial charge in [0, 0.05) is 18.9 Å². The number of aromatic nitrogens is 1. The maximum Gasteiger partial charge on any atom is 0.261 e. The molecule has 0 saturated carbocycles. The van der Waals surface area contributed by atoms with Crippen LogP contribution in [0.15, 0.2) is 48.8 Å². The molecule has 1 N–H and O–H groups in total. The highest BCUT2D eigenvalue weighted by molar-refractivity contribution is 5.81. The lowest BCUT2D eigenvalue weighted by molar-refractivity contribution is -0.128. The number of nitrogens with one attached hydrogen (secondary N) is 1. The minimum Gasteiger partial charge on any atom is -0.481 e. The molecule has 0 aliphatic rings. The molecule has 110 valence electrons. The molecule has 1 heterocycles. The van der Waals surface area contributed by atoms with Crippen molar-refractivity contribution in [2.75, 3.05) is 0 Å². The number of aryl methyl sites for hydroxylation is 1. The zero-order valence-electron chi connectivity index (χ0n) is 12.4. The number of ether oxygens (including phenoxy) is 1. The van der Waals surface area contributed by atoms with Gasteiger partial charge in [-0.1, -0.05) is 19.1 Å². The summed E-state index contributed by atoms with van der Waals surface area (Å²) in [7, 11) is 0. The molecule has 0 bridgehead atoms. The first-order chi connectivity index (χ1) is 10.2. The van der Waals surface area contributed by atoms with Gasteiger partial charge < -0.3 is 10.1 Å². The molecule has 4 nitrogen and oxygen atoms in total. The normalized spacial score (nSPS) is 11.7. The fourth-order valence-corrected chi connectivity index (χ4v) is 1.98. The number of pyridine rings is 1. The second-order valence-electron chi connectivity index (χ2n) is 4.90. The highest BCUT2D eigenvalue weighted by Crippen LogP contribution is 2.15. The molecule has 1 atom stereocenters. The second-order valence-corrected chi connectivity index (χ2v) is 4.90. The molecule has 0 saturated heterocycles. The maximum atomic E-state index is 12.2. The van der Waals surface area contributed by atoms with E-state index in [4.69, 9.17) is 4.74 Å². The lowest BCUT2D eigenvalue weighted by Crippen LogP contribution is -2.37. The quantitative estimate of drug-likeness (QED) is 0.887. The zero-order chi connectivity index (χ0) is 15.1. The zero-order valence-corrected chi connectivity index (χ0v) is 12.4. The summed E-state index contributed by atoms with van der Waals surface area (Å²) in [5.74, 6) is 0.622. The lowest BCUT2D eigenvalue weighted by atomic mass is 10.2. The number of benzene rings is 1. The Morgan fingerprint density at radius 1 is 1.29 bits per heavy atom. The molecule has 0 spiro atoms. The Morgan fingerprint density at radius 2 is 2.05 bits per heavy atom. The first-order valence-electron chi connectivity index (χ1n) is 7.09. The number of hydrogen-bond acceptors (Lipinski definition) is 3. The largest absolute Gasteiger partial charge is 0.481 e. The number of hydrogen-bond donors (Lipinski definition) is 1. The molecule has 1 amide bonds. The molecule has 1 aromatic heterocycles. The van der Waals surface area contributed by atoms with Gasteiger partial charge >= 0.3 is 0 Å². The van der Waals surface area contributed by atoms with Crippen molar-refractivity contribution in [1.29, 1.82) is 0 Å². The third-order valence-electron chi connectivity index (χ3n) is 3.15. The van der Waals surface area contributed by atoms with Gasteiger partial charge in [0.25, 0.3) is 5.91 Å². The smallest absolute Gasteiger partial charge is 0.261 e. The van der Waals surface area contributed by atoms with Gasteiger partial charge in [0.2, 0.25) is 0 Å². The Kier molecular flexibility index (Phi) is 5.32. The summed E-state index contributed by atoms with van der Waals surface area (Å²) in [5, 5.41) is 2.89. The van der Waals surface area contributed by atoms with Crippen molar-refractivity contribution in [2.45, 2.75) is 32.9 Å². The van der Waals surface area contributed by atoms with Gasteiger partial charge in [0.15, 0.2) is 6.10 Å². The lowest BCUT2D eigenvalue weighted by Gasteiger charge is -2.17. The van der Waals surface area contributed by atoms with E-state index < -0.39 is 6.10 Å². The van der Waals surface area contributed by atoms with E-state index in [1.165, 1.54) is 0 Å². The van der Waals surface area contributed by atoms with Crippen molar-refractivity contribution in [3.63, 3.8) is 0 Å². The molecule has 2 aromatic rings. The molecule has 0 aliphatic carbocycles. The molecular weight excluding hydrogens is 264 g/mol. The van der Waals surface area contributed by atoms with Crippen molar-refractivity contribution in [3.8, 4) is 5.75 Å². The van der Waals surface area contributed by atoms with Crippen molar-refractivity contribution in [1.82, 2.24) is 10.3 Å². The highest BCUT2D eigenvalue weighted by Gasteiger charge is 2.17. The third-order valence-corrected chi connectivity index (χ3v) is 3.15. The summed E-state index contributed by atoms with van der Waals surface area (Å²) in [5.41, 5.74) is 2.13. The summed E-state index contributed by atoms with van der Waals surface area (Å²) in [6.45, 7) is 4.42. The van der Waals surface area contributed by atoms with E-state index in [0.717, 1.165) is 16.9 Å². The predicted octanol–water partition coefficient (Wildman–Crippen LogP) is 2.86. The number of carbonyl (C=O) groups is 1. The molecule has 0 aliphatic heterocycles. The SMILES string of the molecule is CC[C@@H](Oc1cccc(C)c1)C(=O)NCc1ccncc1. The van der Waals surface area contributed by atoms with E-state index in [1.54, 1.807) is 12.4 Å². The number of rotatable bonds is 6. The minimum absolute atomic E-state index is 0.101. The van der Waals surface area contributed by atoms with E-state index in [2.05, 4.69) is 10.3 Å². The van der Waals surface area contributed by atoms with Crippen LogP contribution in [0, 0.1) is 6.92 Å².